The van der Waals surface area contributed by atoms with Crippen LogP contribution < -0.4 is 29.1 Å². The Hall–Kier alpha value is -3.33. The van der Waals surface area contributed by atoms with Crippen LogP contribution >= 0.6 is 43.2 Å². The van der Waals surface area contributed by atoms with Crippen LogP contribution in [-0.2, 0) is 9.53 Å². The Labute approximate surface area is 258 Å². The first-order chi connectivity index (χ1) is 19.6. The molecule has 1 aliphatic heterocycles. The molecule has 8 nitrogen and oxygen atoms in total. The number of aromatic nitrogens is 1. The van der Waals surface area contributed by atoms with Gasteiger partial charge in [0.15, 0.2) is 16.3 Å². The molecule has 1 atom stereocenters. The van der Waals surface area contributed by atoms with Crippen LogP contribution in [0.2, 0.25) is 0 Å². The molecule has 0 amide bonds. The van der Waals surface area contributed by atoms with Crippen LogP contribution in [0.25, 0.3) is 6.08 Å². The number of halogens is 2. The Balaban J connectivity index is 1.91. The van der Waals surface area contributed by atoms with Gasteiger partial charge in [-0.1, -0.05) is 23.3 Å². The Morgan fingerprint density at radius 2 is 1.93 bits per heavy atom. The lowest BCUT2D eigenvalue weighted by atomic mass is 9.95. The number of allylic oxidation sites excluding steroid dienone is 1. The first kappa shape index (κ1) is 30.6. The molecule has 0 saturated carbocycles. The van der Waals surface area contributed by atoms with E-state index in [1.807, 2.05) is 32.0 Å². The zero-order valence-corrected chi connectivity index (χ0v) is 27.1. The highest BCUT2D eigenvalue weighted by molar-refractivity contribution is 9.11. The van der Waals surface area contributed by atoms with E-state index < -0.39 is 12.0 Å². The van der Waals surface area contributed by atoms with Crippen molar-refractivity contribution >= 4 is 55.2 Å². The number of carbonyl (C=O) groups excluding carboxylic acids is 1. The minimum atomic E-state index is -0.785. The Morgan fingerprint density at radius 3 is 2.54 bits per heavy atom. The Morgan fingerprint density at radius 1 is 1.22 bits per heavy atom. The molecule has 0 N–H and O–H groups in total. The highest BCUT2D eigenvalue weighted by Gasteiger charge is 2.34. The second-order valence-corrected chi connectivity index (χ2v) is 11.9. The van der Waals surface area contributed by atoms with Crippen molar-refractivity contribution in [3.63, 3.8) is 0 Å². The van der Waals surface area contributed by atoms with Gasteiger partial charge < -0.3 is 18.9 Å². The zero-order valence-electron chi connectivity index (χ0n) is 23.1. The fourth-order valence-electron chi connectivity index (χ4n) is 4.38. The van der Waals surface area contributed by atoms with Gasteiger partial charge in [-0.25, -0.2) is 9.79 Å². The average molecular weight is 704 g/mol. The lowest BCUT2D eigenvalue weighted by Gasteiger charge is -2.25. The molecule has 214 valence electrons. The second kappa shape index (κ2) is 13.1. The van der Waals surface area contributed by atoms with E-state index >= 15 is 0 Å². The minimum Gasteiger partial charge on any atom is -0.493 e. The van der Waals surface area contributed by atoms with E-state index in [9.17, 15) is 9.59 Å². The molecule has 0 radical (unpaired) electrons. The number of thiazole rings is 1. The summed E-state index contributed by atoms with van der Waals surface area (Å²) in [5, 5.41) is 0. The van der Waals surface area contributed by atoms with Crippen molar-refractivity contribution in [1.29, 1.82) is 0 Å². The first-order valence-corrected chi connectivity index (χ1v) is 15.1. The summed E-state index contributed by atoms with van der Waals surface area (Å²) in [5.74, 6) is 3.51. The van der Waals surface area contributed by atoms with Crippen LogP contribution in [0.5, 0.6) is 17.2 Å². The van der Waals surface area contributed by atoms with Crippen molar-refractivity contribution in [2.45, 2.75) is 39.8 Å². The van der Waals surface area contributed by atoms with Gasteiger partial charge in [-0.3, -0.25) is 9.36 Å². The highest BCUT2D eigenvalue weighted by atomic mass is 79.9. The molecule has 3 aromatic rings. The molecular formula is C30H28Br2N2O6S. The number of ether oxygens (including phenoxy) is 4. The Kier molecular flexibility index (Phi) is 9.79. The van der Waals surface area contributed by atoms with Crippen LogP contribution in [0.4, 0.5) is 0 Å². The third-order valence-electron chi connectivity index (χ3n) is 6.00. The van der Waals surface area contributed by atoms with Gasteiger partial charge in [0.2, 0.25) is 0 Å². The predicted octanol–water partition coefficient (Wildman–Crippen LogP) is 5.13. The second-order valence-electron chi connectivity index (χ2n) is 9.19. The van der Waals surface area contributed by atoms with Crippen LogP contribution in [0.1, 0.15) is 44.9 Å². The molecular weight excluding hydrogens is 676 g/mol. The van der Waals surface area contributed by atoms with Gasteiger partial charge >= 0.3 is 5.97 Å². The topological polar surface area (TPSA) is 88.3 Å². The van der Waals surface area contributed by atoms with Crippen molar-refractivity contribution < 1.29 is 23.7 Å². The van der Waals surface area contributed by atoms with E-state index in [1.165, 1.54) is 15.9 Å². The molecule has 0 bridgehead atoms. The summed E-state index contributed by atoms with van der Waals surface area (Å²) in [6.07, 6.45) is 7.02. The fourth-order valence-corrected chi connectivity index (χ4v) is 6.88. The minimum absolute atomic E-state index is 0.0670. The van der Waals surface area contributed by atoms with Gasteiger partial charge in [-0.2, -0.15) is 0 Å². The van der Waals surface area contributed by atoms with Gasteiger partial charge in [0, 0.05) is 0 Å². The number of esters is 1. The van der Waals surface area contributed by atoms with Crippen molar-refractivity contribution in [3.8, 4) is 29.6 Å². The molecule has 1 aliphatic rings. The van der Waals surface area contributed by atoms with Crippen molar-refractivity contribution in [3.05, 3.63) is 81.4 Å². The van der Waals surface area contributed by atoms with E-state index in [1.54, 1.807) is 39.2 Å². The summed E-state index contributed by atoms with van der Waals surface area (Å²) in [7, 11) is 1.55. The van der Waals surface area contributed by atoms with Crippen LogP contribution in [-0.4, -0.2) is 37.0 Å². The monoisotopic (exact) mass is 702 g/mol. The summed E-state index contributed by atoms with van der Waals surface area (Å²) < 4.78 is 25.8. The SMILES string of the molecule is C#CCOc1c(Br)cc(/C=c2\sc3n(c2=O)[C@@H](c2ccc(OC(C)C)c(OC)c2)C(C(=O)OCC)=C(C)N=3)cc1Br. The van der Waals surface area contributed by atoms with E-state index in [4.69, 9.17) is 25.4 Å². The lowest BCUT2D eigenvalue weighted by molar-refractivity contribution is -0.139. The number of methoxy groups -OCH3 is 1. The summed E-state index contributed by atoms with van der Waals surface area (Å²) in [6.45, 7) is 7.62. The highest BCUT2D eigenvalue weighted by Crippen LogP contribution is 2.37. The molecule has 0 aliphatic carbocycles. The first-order valence-electron chi connectivity index (χ1n) is 12.7. The van der Waals surface area contributed by atoms with Gasteiger partial charge in [0.25, 0.3) is 5.56 Å². The van der Waals surface area contributed by atoms with E-state index in [2.05, 4.69) is 42.8 Å². The molecule has 11 heteroatoms. The Bertz CT molecular complexity index is 1730. The molecule has 0 fully saturated rings. The summed E-state index contributed by atoms with van der Waals surface area (Å²) in [6, 6.07) is 8.26. The van der Waals surface area contributed by atoms with Gasteiger partial charge in [-0.05, 0) is 101 Å². The van der Waals surface area contributed by atoms with Gasteiger partial charge in [-0.15, -0.1) is 6.42 Å². The summed E-state index contributed by atoms with van der Waals surface area (Å²) >= 11 is 8.27. The summed E-state index contributed by atoms with van der Waals surface area (Å²) in [4.78, 5) is 32.3. The third-order valence-corrected chi connectivity index (χ3v) is 8.16. The van der Waals surface area contributed by atoms with Crippen molar-refractivity contribution in [1.82, 2.24) is 4.57 Å². The lowest BCUT2D eigenvalue weighted by Crippen LogP contribution is -2.40. The normalized spacial score (nSPS) is 14.8. The number of terminal acetylenes is 1. The summed E-state index contributed by atoms with van der Waals surface area (Å²) in [5.41, 5.74) is 1.86. The predicted molar refractivity (Wildman–Crippen MR) is 165 cm³/mol. The molecule has 4 rings (SSSR count). The quantitative estimate of drug-likeness (QED) is 0.227. The van der Waals surface area contributed by atoms with Gasteiger partial charge in [0.1, 0.15) is 12.4 Å². The standard InChI is InChI=1S/C30H28Br2N2O6S/c1-7-11-39-27-20(31)12-18(13-21(27)32)14-24-28(35)34-26(19-9-10-22(40-16(3)4)23(15-19)37-6)25(29(36)38-8-2)17(5)33-30(34)41-24/h1,9-10,12-16,26H,8,11H2,2-6H3/b24-14-/t26-/m0/s1. The maximum absolute atomic E-state index is 14.0. The number of carbonyl (C=O) groups is 1. The van der Waals surface area contributed by atoms with E-state index in [0.717, 1.165) is 5.56 Å². The zero-order chi connectivity index (χ0) is 29.8. The number of benzene rings is 2. The molecule has 2 aromatic carbocycles. The number of rotatable bonds is 9. The number of fused-ring (bicyclic) bond motifs is 1. The van der Waals surface area contributed by atoms with Gasteiger partial charge in [0.05, 0.1) is 50.6 Å². The molecule has 0 saturated heterocycles. The van der Waals surface area contributed by atoms with Crippen LogP contribution in [0, 0.1) is 12.3 Å². The molecule has 2 heterocycles. The maximum atomic E-state index is 14.0. The number of hydrogen-bond donors (Lipinski definition) is 0. The number of hydrogen-bond acceptors (Lipinski definition) is 8. The average Bonchev–Trinajstić information content (AvgIpc) is 3.21. The van der Waals surface area contributed by atoms with Crippen molar-refractivity contribution in [2.75, 3.05) is 20.3 Å². The third kappa shape index (κ3) is 6.45. The van der Waals surface area contributed by atoms with E-state index in [0.29, 0.717) is 46.8 Å². The largest absolute Gasteiger partial charge is 0.493 e. The maximum Gasteiger partial charge on any atom is 0.338 e. The molecule has 0 unspecified atom stereocenters. The fraction of sp³-hybridized carbons (Fsp3) is 0.300. The van der Waals surface area contributed by atoms with E-state index in [-0.39, 0.29) is 30.5 Å². The van der Waals surface area contributed by atoms with Crippen LogP contribution in [0.3, 0.4) is 0 Å². The molecule has 1 aromatic heterocycles. The molecule has 41 heavy (non-hydrogen) atoms. The van der Waals surface area contributed by atoms with Crippen molar-refractivity contribution in [2.24, 2.45) is 4.99 Å². The smallest absolute Gasteiger partial charge is 0.338 e. The number of nitrogens with zero attached hydrogens (tertiary/aromatic N) is 2. The van der Waals surface area contributed by atoms with Crippen LogP contribution in [0.15, 0.2) is 60.3 Å². The molecule has 0 spiro atoms.